The normalized spacial score (nSPS) is 32.0. The van der Waals surface area contributed by atoms with Crippen molar-refractivity contribution in [2.75, 3.05) is 5.75 Å². The van der Waals surface area contributed by atoms with Crippen LogP contribution in [0.4, 0.5) is 0 Å². The molecule has 3 saturated carbocycles. The molecular formula is C24H23NO6S. The zero-order chi connectivity index (χ0) is 22.8. The van der Waals surface area contributed by atoms with Crippen LogP contribution in [0.25, 0.3) is 10.8 Å². The lowest BCUT2D eigenvalue weighted by atomic mass is 9.76. The van der Waals surface area contributed by atoms with E-state index in [9.17, 15) is 22.8 Å². The van der Waals surface area contributed by atoms with Gasteiger partial charge in [-0.1, -0.05) is 32.0 Å². The molecule has 4 aliphatic rings. The van der Waals surface area contributed by atoms with E-state index in [1.54, 1.807) is 24.3 Å². The van der Waals surface area contributed by atoms with Gasteiger partial charge in [-0.2, -0.15) is 8.42 Å². The largest absolute Gasteiger partial charge is 0.299 e. The van der Waals surface area contributed by atoms with Gasteiger partial charge in [-0.3, -0.25) is 14.4 Å². The van der Waals surface area contributed by atoms with Gasteiger partial charge in [0.25, 0.3) is 21.9 Å². The van der Waals surface area contributed by atoms with Crippen LogP contribution in [0.3, 0.4) is 0 Å². The summed E-state index contributed by atoms with van der Waals surface area (Å²) in [7, 11) is -4.30. The Morgan fingerprint density at radius 2 is 1.75 bits per heavy atom. The van der Waals surface area contributed by atoms with Gasteiger partial charge in [-0.05, 0) is 54.2 Å². The van der Waals surface area contributed by atoms with Gasteiger partial charge in [0, 0.05) is 22.6 Å². The summed E-state index contributed by atoms with van der Waals surface area (Å²) in [6.45, 7) is 5.97. The number of hydroxylamine groups is 2. The van der Waals surface area contributed by atoms with Gasteiger partial charge < -0.3 is 0 Å². The molecule has 0 radical (unpaired) electrons. The summed E-state index contributed by atoms with van der Waals surface area (Å²) in [5.41, 5.74) is -0.168. The number of carbonyl (C=O) groups excluding carboxylic acids is 3. The Labute approximate surface area is 185 Å². The molecule has 8 heteroatoms. The number of carbonyl (C=O) groups is 3. The minimum absolute atomic E-state index is 0.134. The topological polar surface area (TPSA) is 97.8 Å². The predicted octanol–water partition coefficient (Wildman–Crippen LogP) is 3.40. The van der Waals surface area contributed by atoms with Crippen LogP contribution in [0.5, 0.6) is 0 Å². The minimum Gasteiger partial charge on any atom is -0.299 e. The van der Waals surface area contributed by atoms with Crippen molar-refractivity contribution < 1.29 is 27.1 Å². The summed E-state index contributed by atoms with van der Waals surface area (Å²) in [6.07, 6.45) is 1.67. The molecule has 3 fully saturated rings. The van der Waals surface area contributed by atoms with Crippen molar-refractivity contribution in [1.29, 1.82) is 0 Å². The van der Waals surface area contributed by atoms with Gasteiger partial charge in [0.15, 0.2) is 0 Å². The molecule has 7 nitrogen and oxygen atoms in total. The second kappa shape index (κ2) is 5.66. The molecule has 3 aliphatic carbocycles. The Balaban J connectivity index is 1.33. The van der Waals surface area contributed by atoms with Crippen molar-refractivity contribution in [2.24, 2.45) is 22.2 Å². The van der Waals surface area contributed by atoms with Gasteiger partial charge >= 0.3 is 0 Å². The van der Waals surface area contributed by atoms with Gasteiger partial charge in [0.05, 0.1) is 16.9 Å². The average molecular weight is 454 g/mol. The van der Waals surface area contributed by atoms with Crippen LogP contribution in [0.1, 0.15) is 59.4 Å². The number of imide groups is 1. The van der Waals surface area contributed by atoms with Crippen LogP contribution in [0.15, 0.2) is 30.3 Å². The smallest absolute Gasteiger partial charge is 0.289 e. The standard InChI is InChI=1S/C24H23NO6S/c1-13-7-8-17-19-15(13)5-4-6-16(19)20(27)25(21(17)28)31-32(29,30)12-23-10-14-9-18(26)24(23,11-23)22(14,2)3/h4-8,14H,9-12H2,1-3H3. The summed E-state index contributed by atoms with van der Waals surface area (Å²) in [5, 5.41) is 1.65. The molecule has 1 heterocycles. The molecule has 3 atom stereocenters. The number of ketones is 1. The lowest BCUT2D eigenvalue weighted by Gasteiger charge is -2.27. The molecule has 2 amide bonds. The third-order valence-corrected chi connectivity index (χ3v) is 10.1. The van der Waals surface area contributed by atoms with Gasteiger partial charge in [-0.25, -0.2) is 0 Å². The first-order valence-corrected chi connectivity index (χ1v) is 12.4. The van der Waals surface area contributed by atoms with Crippen LogP contribution in [-0.2, 0) is 19.2 Å². The van der Waals surface area contributed by atoms with E-state index in [-0.39, 0.29) is 34.0 Å². The minimum atomic E-state index is -4.30. The van der Waals surface area contributed by atoms with Crippen molar-refractivity contribution in [1.82, 2.24) is 5.06 Å². The summed E-state index contributed by atoms with van der Waals surface area (Å²) in [5.74, 6) is -1.67. The van der Waals surface area contributed by atoms with Gasteiger partial charge in [0.1, 0.15) is 5.78 Å². The van der Waals surface area contributed by atoms with Crippen LogP contribution >= 0.6 is 0 Å². The molecule has 2 aromatic rings. The maximum Gasteiger partial charge on any atom is 0.289 e. The Bertz CT molecular complexity index is 1370. The lowest BCUT2D eigenvalue weighted by molar-refractivity contribution is -0.125. The van der Waals surface area contributed by atoms with E-state index in [2.05, 4.69) is 0 Å². The zero-order valence-electron chi connectivity index (χ0n) is 18.1. The fourth-order valence-electron chi connectivity index (χ4n) is 7.17. The third-order valence-electron chi connectivity index (χ3n) is 8.78. The van der Waals surface area contributed by atoms with E-state index in [1.165, 1.54) is 0 Å². The number of fused-ring (bicyclic) bond motifs is 1. The molecule has 166 valence electrons. The number of benzene rings is 2. The SMILES string of the molecule is Cc1ccc2c3c(cccc13)C(=O)N(OS(=O)(=O)CC13CC4CC(=O)C1(C3)C4(C)C)C2=O. The van der Waals surface area contributed by atoms with E-state index in [1.807, 2.05) is 26.8 Å². The molecule has 1 aliphatic heterocycles. The number of amides is 2. The summed E-state index contributed by atoms with van der Waals surface area (Å²) >= 11 is 0. The van der Waals surface area contributed by atoms with E-state index in [4.69, 9.17) is 4.28 Å². The van der Waals surface area contributed by atoms with E-state index >= 15 is 0 Å². The number of rotatable bonds is 4. The second-order valence-electron chi connectivity index (χ2n) is 10.5. The van der Waals surface area contributed by atoms with Crippen LogP contribution in [0, 0.1) is 29.1 Å². The Morgan fingerprint density at radius 3 is 2.41 bits per heavy atom. The molecule has 3 unspecified atom stereocenters. The van der Waals surface area contributed by atoms with E-state index in [0.29, 0.717) is 29.7 Å². The number of aryl methyl sites for hydroxylation is 1. The van der Waals surface area contributed by atoms with Crippen LogP contribution in [-0.4, -0.2) is 36.8 Å². The molecular weight excluding hydrogens is 430 g/mol. The molecule has 2 aromatic carbocycles. The Morgan fingerprint density at radius 1 is 1.06 bits per heavy atom. The van der Waals surface area contributed by atoms with Crippen molar-refractivity contribution in [3.8, 4) is 0 Å². The number of hydrogen-bond donors (Lipinski definition) is 0. The first kappa shape index (κ1) is 20.1. The van der Waals surface area contributed by atoms with Crippen molar-refractivity contribution in [3.05, 3.63) is 47.0 Å². The number of hydrogen-bond acceptors (Lipinski definition) is 6. The zero-order valence-corrected chi connectivity index (χ0v) is 18.9. The second-order valence-corrected chi connectivity index (χ2v) is 12.0. The average Bonchev–Trinajstić information content (AvgIpc) is 3.31. The first-order chi connectivity index (χ1) is 14.9. The molecule has 32 heavy (non-hydrogen) atoms. The maximum absolute atomic E-state index is 13.1. The van der Waals surface area contributed by atoms with Crippen molar-refractivity contribution in [3.63, 3.8) is 0 Å². The number of Topliss-reactive ketones (excluding diaryl/α,β-unsaturated/α-hetero) is 1. The quantitative estimate of drug-likeness (QED) is 0.658. The highest BCUT2D eigenvalue weighted by atomic mass is 32.2. The molecule has 0 saturated heterocycles. The summed E-state index contributed by atoms with van der Waals surface area (Å²) < 4.78 is 31.4. The highest BCUT2D eigenvalue weighted by Gasteiger charge is 2.86. The Kier molecular flexibility index (Phi) is 3.55. The molecule has 0 aromatic heterocycles. The fourth-order valence-corrected chi connectivity index (χ4v) is 8.73. The van der Waals surface area contributed by atoms with Gasteiger partial charge in [-0.15, -0.1) is 9.35 Å². The molecule has 2 bridgehead atoms. The lowest BCUT2D eigenvalue weighted by Crippen LogP contribution is -2.43. The van der Waals surface area contributed by atoms with Crippen molar-refractivity contribution in [2.45, 2.75) is 40.0 Å². The molecule has 6 rings (SSSR count). The monoisotopic (exact) mass is 453 g/mol. The van der Waals surface area contributed by atoms with Crippen LogP contribution in [0.2, 0.25) is 0 Å². The molecule has 0 N–H and O–H groups in total. The Hall–Kier alpha value is -2.58. The highest BCUT2D eigenvalue weighted by molar-refractivity contribution is 7.86. The summed E-state index contributed by atoms with van der Waals surface area (Å²) in [6, 6.07) is 8.44. The fraction of sp³-hybridized carbons (Fsp3) is 0.458. The van der Waals surface area contributed by atoms with E-state index < -0.39 is 32.8 Å². The third kappa shape index (κ3) is 2.15. The summed E-state index contributed by atoms with van der Waals surface area (Å²) in [4.78, 5) is 38.9. The number of nitrogens with zero attached hydrogens (tertiary/aromatic N) is 1. The molecule has 1 spiro atoms. The van der Waals surface area contributed by atoms with E-state index in [0.717, 1.165) is 10.9 Å². The maximum atomic E-state index is 13.1. The van der Waals surface area contributed by atoms with Gasteiger partial charge in [0.2, 0.25) is 0 Å². The first-order valence-electron chi connectivity index (χ1n) is 10.8. The predicted molar refractivity (Wildman–Crippen MR) is 115 cm³/mol. The van der Waals surface area contributed by atoms with Crippen molar-refractivity contribution >= 4 is 38.5 Å². The highest BCUT2D eigenvalue weighted by Crippen LogP contribution is 2.86. The van der Waals surface area contributed by atoms with Crippen LogP contribution < -0.4 is 0 Å².